The van der Waals surface area contributed by atoms with Crippen LogP contribution in [0, 0.1) is 5.92 Å². The Hall–Kier alpha value is -0.680. The number of hydrogen-bond donors (Lipinski definition) is 1. The number of ether oxygens (including phenoxy) is 1. The van der Waals surface area contributed by atoms with Crippen molar-refractivity contribution in [3.05, 3.63) is 5.01 Å². The van der Waals surface area contributed by atoms with Crippen LogP contribution in [-0.4, -0.2) is 22.3 Å². The normalized spacial score (nSPS) is 17.8. The van der Waals surface area contributed by atoms with Crippen LogP contribution in [0.5, 0.6) is 5.19 Å². The number of hydrogen-bond acceptors (Lipinski definition) is 5. The van der Waals surface area contributed by atoms with Crippen molar-refractivity contribution in [2.45, 2.75) is 52.3 Å². The summed E-state index contributed by atoms with van der Waals surface area (Å²) in [7, 11) is 0. The van der Waals surface area contributed by atoms with Gasteiger partial charge in [0.15, 0.2) is 0 Å². The van der Waals surface area contributed by atoms with Crippen LogP contribution in [0.15, 0.2) is 0 Å². The van der Waals surface area contributed by atoms with Crippen molar-refractivity contribution in [1.82, 2.24) is 15.5 Å². The first kappa shape index (κ1) is 11.8. The average molecular weight is 241 g/mol. The maximum absolute atomic E-state index is 5.70. The standard InChI is InChI=1S/C11H19N3OS/c1-7(2)8(3)15-11-14-13-10(16-11)6-12-9-4-5-9/h7-9,12H,4-6H2,1-3H3. The maximum atomic E-state index is 5.70. The molecule has 90 valence electrons. The van der Waals surface area contributed by atoms with Crippen LogP contribution in [0.2, 0.25) is 0 Å². The molecule has 5 heteroatoms. The lowest BCUT2D eigenvalue weighted by Gasteiger charge is -2.14. The van der Waals surface area contributed by atoms with Crippen molar-refractivity contribution < 1.29 is 4.74 Å². The van der Waals surface area contributed by atoms with E-state index in [1.165, 1.54) is 12.8 Å². The molecule has 0 aromatic carbocycles. The van der Waals surface area contributed by atoms with Crippen molar-refractivity contribution in [2.75, 3.05) is 0 Å². The Morgan fingerprint density at radius 2 is 2.12 bits per heavy atom. The molecule has 2 rings (SSSR count). The van der Waals surface area contributed by atoms with Gasteiger partial charge in [0.05, 0.1) is 6.54 Å². The van der Waals surface area contributed by atoms with E-state index in [-0.39, 0.29) is 6.10 Å². The van der Waals surface area contributed by atoms with Gasteiger partial charge in [-0.2, -0.15) is 0 Å². The van der Waals surface area contributed by atoms with Crippen LogP contribution in [-0.2, 0) is 6.54 Å². The van der Waals surface area contributed by atoms with E-state index < -0.39 is 0 Å². The Balaban J connectivity index is 1.81. The topological polar surface area (TPSA) is 47.0 Å². The van der Waals surface area contributed by atoms with E-state index in [2.05, 4.69) is 36.3 Å². The summed E-state index contributed by atoms with van der Waals surface area (Å²) in [6.07, 6.45) is 2.79. The molecule has 1 aromatic heterocycles. The van der Waals surface area contributed by atoms with Gasteiger partial charge in [-0.25, -0.2) is 0 Å². The smallest absolute Gasteiger partial charge is 0.294 e. The average Bonchev–Trinajstić information content (AvgIpc) is 2.97. The molecule has 1 unspecified atom stereocenters. The molecular formula is C11H19N3OS. The molecule has 4 nitrogen and oxygen atoms in total. The van der Waals surface area contributed by atoms with Crippen molar-refractivity contribution in [3.63, 3.8) is 0 Å². The fourth-order valence-corrected chi connectivity index (χ4v) is 1.89. The Kier molecular flexibility index (Phi) is 3.76. The zero-order valence-corrected chi connectivity index (χ0v) is 10.9. The summed E-state index contributed by atoms with van der Waals surface area (Å²) in [6.45, 7) is 7.17. The van der Waals surface area contributed by atoms with Gasteiger partial charge in [0.25, 0.3) is 5.19 Å². The Labute approximate surface area is 100 Å². The van der Waals surface area contributed by atoms with E-state index in [4.69, 9.17) is 4.74 Å². The minimum absolute atomic E-state index is 0.192. The monoisotopic (exact) mass is 241 g/mol. The zero-order valence-electron chi connectivity index (χ0n) is 10.1. The molecule has 0 aliphatic heterocycles. The predicted molar refractivity (Wildman–Crippen MR) is 64.7 cm³/mol. The van der Waals surface area contributed by atoms with Gasteiger partial charge in [-0.3, -0.25) is 0 Å². The van der Waals surface area contributed by atoms with Gasteiger partial charge < -0.3 is 10.1 Å². The quantitative estimate of drug-likeness (QED) is 0.829. The van der Waals surface area contributed by atoms with Crippen molar-refractivity contribution >= 4 is 11.3 Å². The maximum Gasteiger partial charge on any atom is 0.294 e. The predicted octanol–water partition coefficient (Wildman–Crippen LogP) is 2.21. The molecule has 1 aromatic rings. The molecule has 1 aliphatic rings. The Morgan fingerprint density at radius 3 is 2.75 bits per heavy atom. The van der Waals surface area contributed by atoms with Crippen LogP contribution >= 0.6 is 11.3 Å². The third kappa shape index (κ3) is 3.42. The van der Waals surface area contributed by atoms with Gasteiger partial charge in [-0.15, -0.1) is 5.10 Å². The summed E-state index contributed by atoms with van der Waals surface area (Å²) in [6, 6.07) is 0.711. The first-order valence-electron chi connectivity index (χ1n) is 5.87. The summed E-state index contributed by atoms with van der Waals surface area (Å²) in [5, 5.41) is 13.3. The number of nitrogens with one attached hydrogen (secondary N) is 1. The van der Waals surface area contributed by atoms with Crippen molar-refractivity contribution in [1.29, 1.82) is 0 Å². The highest BCUT2D eigenvalue weighted by molar-refractivity contribution is 7.13. The molecule has 0 spiro atoms. The second-order valence-corrected chi connectivity index (χ2v) is 5.71. The van der Waals surface area contributed by atoms with E-state index >= 15 is 0 Å². The molecule has 1 aliphatic carbocycles. The minimum Gasteiger partial charge on any atom is -0.466 e. The van der Waals surface area contributed by atoms with Crippen LogP contribution in [0.25, 0.3) is 0 Å². The van der Waals surface area contributed by atoms with Crippen LogP contribution < -0.4 is 10.1 Å². The van der Waals surface area contributed by atoms with E-state index in [0.29, 0.717) is 17.2 Å². The SMILES string of the molecule is CC(C)C(C)Oc1nnc(CNC2CC2)s1. The third-order valence-electron chi connectivity index (χ3n) is 2.79. The Morgan fingerprint density at radius 1 is 1.38 bits per heavy atom. The molecular weight excluding hydrogens is 222 g/mol. The fourth-order valence-electron chi connectivity index (χ4n) is 1.17. The highest BCUT2D eigenvalue weighted by Gasteiger charge is 2.21. The van der Waals surface area contributed by atoms with Gasteiger partial charge in [0.1, 0.15) is 11.1 Å². The molecule has 1 heterocycles. The van der Waals surface area contributed by atoms with E-state index in [0.717, 1.165) is 11.6 Å². The third-order valence-corrected chi connectivity index (χ3v) is 3.61. The van der Waals surface area contributed by atoms with Gasteiger partial charge in [-0.1, -0.05) is 30.3 Å². The van der Waals surface area contributed by atoms with E-state index in [1.807, 2.05) is 0 Å². The molecule has 1 saturated carbocycles. The fraction of sp³-hybridized carbons (Fsp3) is 0.818. The van der Waals surface area contributed by atoms with Gasteiger partial charge in [-0.05, 0) is 25.7 Å². The minimum atomic E-state index is 0.192. The number of rotatable bonds is 6. The molecule has 1 N–H and O–H groups in total. The van der Waals surface area contributed by atoms with E-state index in [9.17, 15) is 0 Å². The lowest BCUT2D eigenvalue weighted by Crippen LogP contribution is -2.18. The summed E-state index contributed by atoms with van der Waals surface area (Å²) in [5.74, 6) is 0.497. The van der Waals surface area contributed by atoms with E-state index in [1.54, 1.807) is 11.3 Å². The van der Waals surface area contributed by atoms with Crippen LogP contribution in [0.4, 0.5) is 0 Å². The second-order valence-electron chi connectivity index (χ2n) is 4.68. The molecule has 0 saturated heterocycles. The van der Waals surface area contributed by atoms with Gasteiger partial charge >= 0.3 is 0 Å². The number of nitrogens with zero attached hydrogens (tertiary/aromatic N) is 2. The van der Waals surface area contributed by atoms with Crippen LogP contribution in [0.3, 0.4) is 0 Å². The highest BCUT2D eigenvalue weighted by atomic mass is 32.1. The van der Waals surface area contributed by atoms with Gasteiger partial charge in [0.2, 0.25) is 0 Å². The summed E-state index contributed by atoms with van der Waals surface area (Å²) in [4.78, 5) is 0. The molecule has 1 fully saturated rings. The number of aromatic nitrogens is 2. The molecule has 0 amide bonds. The second kappa shape index (κ2) is 5.10. The first-order chi connectivity index (χ1) is 7.65. The van der Waals surface area contributed by atoms with Gasteiger partial charge in [0, 0.05) is 6.04 Å². The van der Waals surface area contributed by atoms with Crippen molar-refractivity contribution in [2.24, 2.45) is 5.92 Å². The largest absolute Gasteiger partial charge is 0.466 e. The molecule has 1 atom stereocenters. The lowest BCUT2D eigenvalue weighted by atomic mass is 10.1. The summed E-state index contributed by atoms with van der Waals surface area (Å²) in [5.41, 5.74) is 0. The Bertz CT molecular complexity index is 336. The molecule has 0 radical (unpaired) electrons. The highest BCUT2D eigenvalue weighted by Crippen LogP contribution is 2.23. The molecule has 0 bridgehead atoms. The molecule has 16 heavy (non-hydrogen) atoms. The zero-order chi connectivity index (χ0) is 11.5. The van der Waals surface area contributed by atoms with Crippen molar-refractivity contribution in [3.8, 4) is 5.19 Å². The summed E-state index contributed by atoms with van der Waals surface area (Å²) < 4.78 is 5.70. The summed E-state index contributed by atoms with van der Waals surface area (Å²) >= 11 is 1.54. The lowest BCUT2D eigenvalue weighted by molar-refractivity contribution is 0.168. The first-order valence-corrected chi connectivity index (χ1v) is 6.69. The van der Waals surface area contributed by atoms with Crippen LogP contribution in [0.1, 0.15) is 38.6 Å².